The number of carbonyl (C=O) groups excluding carboxylic acids is 1. The minimum Gasteiger partial charge on any atom is -0.381 e. The fraction of sp³-hybridized carbons (Fsp3) is 0.889. The van der Waals surface area contributed by atoms with E-state index in [9.17, 15) is 4.79 Å². The zero-order valence-corrected chi connectivity index (χ0v) is 7.92. The van der Waals surface area contributed by atoms with Crippen molar-refractivity contribution in [3.8, 4) is 0 Å². The summed E-state index contributed by atoms with van der Waals surface area (Å²) in [6.07, 6.45) is 2.69. The molecule has 0 aromatic carbocycles. The van der Waals surface area contributed by atoms with Crippen LogP contribution in [0.2, 0.25) is 0 Å². The third-order valence-corrected chi connectivity index (χ3v) is 2.21. The minimum atomic E-state index is 0.0491. The van der Waals surface area contributed by atoms with Crippen molar-refractivity contribution in [3.05, 3.63) is 0 Å². The number of ether oxygens (including phenoxy) is 1. The van der Waals surface area contributed by atoms with Gasteiger partial charge in [0.1, 0.15) is 0 Å². The Morgan fingerprint density at radius 3 is 3.08 bits per heavy atom. The topological polar surface area (TPSA) is 64.4 Å². The molecule has 1 amide bonds. The van der Waals surface area contributed by atoms with Gasteiger partial charge in [-0.3, -0.25) is 4.79 Å². The van der Waals surface area contributed by atoms with Crippen LogP contribution in [0.25, 0.3) is 0 Å². The molecule has 0 aliphatic carbocycles. The summed E-state index contributed by atoms with van der Waals surface area (Å²) >= 11 is 0. The molecule has 1 aliphatic rings. The standard InChI is InChI=1S/C9H18N2O2/c10-4-3-9(12)11-6-8-2-1-5-13-7-8/h8H,1-7,10H2,(H,11,12). The molecule has 0 aromatic rings. The van der Waals surface area contributed by atoms with Crippen LogP contribution in [0.5, 0.6) is 0 Å². The number of amides is 1. The SMILES string of the molecule is NCCC(=O)NCC1CCCOC1. The van der Waals surface area contributed by atoms with E-state index >= 15 is 0 Å². The molecule has 4 heteroatoms. The van der Waals surface area contributed by atoms with Gasteiger partial charge in [0.15, 0.2) is 0 Å². The van der Waals surface area contributed by atoms with Gasteiger partial charge in [0.2, 0.25) is 5.91 Å². The summed E-state index contributed by atoms with van der Waals surface area (Å²) in [6, 6.07) is 0. The molecule has 1 rings (SSSR count). The molecule has 0 saturated carbocycles. The molecule has 0 spiro atoms. The molecule has 1 heterocycles. The van der Waals surface area contributed by atoms with Gasteiger partial charge in [0.25, 0.3) is 0 Å². The first-order valence-electron chi connectivity index (χ1n) is 4.87. The lowest BCUT2D eigenvalue weighted by atomic mass is 10.0. The second kappa shape index (κ2) is 5.94. The van der Waals surface area contributed by atoms with E-state index in [0.29, 0.717) is 18.9 Å². The fourth-order valence-corrected chi connectivity index (χ4v) is 1.45. The van der Waals surface area contributed by atoms with Crippen LogP contribution in [0, 0.1) is 5.92 Å². The molecular formula is C9H18N2O2. The van der Waals surface area contributed by atoms with Crippen LogP contribution >= 0.6 is 0 Å². The van der Waals surface area contributed by atoms with E-state index in [0.717, 1.165) is 32.6 Å². The van der Waals surface area contributed by atoms with Crippen LogP contribution in [-0.4, -0.2) is 32.2 Å². The molecule has 1 atom stereocenters. The summed E-state index contributed by atoms with van der Waals surface area (Å²) in [5.74, 6) is 0.545. The summed E-state index contributed by atoms with van der Waals surface area (Å²) < 4.78 is 5.30. The Morgan fingerprint density at radius 2 is 2.46 bits per heavy atom. The van der Waals surface area contributed by atoms with Crippen molar-refractivity contribution in [2.75, 3.05) is 26.3 Å². The zero-order chi connectivity index (χ0) is 9.52. The monoisotopic (exact) mass is 186 g/mol. The average Bonchev–Trinajstić information content (AvgIpc) is 2.17. The van der Waals surface area contributed by atoms with Crippen LogP contribution in [0.1, 0.15) is 19.3 Å². The summed E-state index contributed by atoms with van der Waals surface area (Å²) in [5, 5.41) is 2.85. The van der Waals surface area contributed by atoms with E-state index in [1.54, 1.807) is 0 Å². The van der Waals surface area contributed by atoms with Gasteiger partial charge in [-0.15, -0.1) is 0 Å². The summed E-state index contributed by atoms with van der Waals surface area (Å²) in [6.45, 7) is 2.81. The largest absolute Gasteiger partial charge is 0.381 e. The van der Waals surface area contributed by atoms with Gasteiger partial charge in [0, 0.05) is 26.1 Å². The van der Waals surface area contributed by atoms with E-state index < -0.39 is 0 Å². The van der Waals surface area contributed by atoms with Gasteiger partial charge in [-0.25, -0.2) is 0 Å². The molecule has 0 aromatic heterocycles. The highest BCUT2D eigenvalue weighted by molar-refractivity contribution is 5.75. The average molecular weight is 186 g/mol. The zero-order valence-electron chi connectivity index (χ0n) is 7.92. The van der Waals surface area contributed by atoms with Crippen molar-refractivity contribution >= 4 is 5.91 Å². The fourth-order valence-electron chi connectivity index (χ4n) is 1.45. The Morgan fingerprint density at radius 1 is 1.62 bits per heavy atom. The lowest BCUT2D eigenvalue weighted by molar-refractivity contribution is -0.121. The Bertz CT molecular complexity index is 156. The van der Waals surface area contributed by atoms with Gasteiger partial charge < -0.3 is 15.8 Å². The van der Waals surface area contributed by atoms with Gasteiger partial charge in [0.05, 0.1) is 6.61 Å². The molecule has 1 unspecified atom stereocenters. The van der Waals surface area contributed by atoms with Gasteiger partial charge in [-0.2, -0.15) is 0 Å². The van der Waals surface area contributed by atoms with E-state index in [2.05, 4.69) is 5.32 Å². The first kappa shape index (κ1) is 10.5. The van der Waals surface area contributed by atoms with Crippen molar-refractivity contribution < 1.29 is 9.53 Å². The van der Waals surface area contributed by atoms with Crippen LogP contribution in [0.15, 0.2) is 0 Å². The number of nitrogens with two attached hydrogens (primary N) is 1. The predicted molar refractivity (Wildman–Crippen MR) is 50.2 cm³/mol. The number of nitrogens with one attached hydrogen (secondary N) is 1. The van der Waals surface area contributed by atoms with Gasteiger partial charge in [-0.1, -0.05) is 0 Å². The summed E-state index contributed by atoms with van der Waals surface area (Å²) in [7, 11) is 0. The van der Waals surface area contributed by atoms with E-state index in [4.69, 9.17) is 10.5 Å². The number of rotatable bonds is 4. The Labute approximate surface area is 78.8 Å². The first-order valence-corrected chi connectivity index (χ1v) is 4.87. The molecule has 13 heavy (non-hydrogen) atoms. The van der Waals surface area contributed by atoms with Crippen LogP contribution in [0.4, 0.5) is 0 Å². The van der Waals surface area contributed by atoms with Crippen molar-refractivity contribution in [2.24, 2.45) is 11.7 Å². The van der Waals surface area contributed by atoms with Crippen molar-refractivity contribution in [1.82, 2.24) is 5.32 Å². The first-order chi connectivity index (χ1) is 6.33. The quantitative estimate of drug-likeness (QED) is 0.643. The predicted octanol–water partition coefficient (Wildman–Crippen LogP) is -0.122. The number of hydrogen-bond acceptors (Lipinski definition) is 3. The van der Waals surface area contributed by atoms with Crippen molar-refractivity contribution in [1.29, 1.82) is 0 Å². The molecule has 0 bridgehead atoms. The third-order valence-electron chi connectivity index (χ3n) is 2.21. The van der Waals surface area contributed by atoms with Crippen molar-refractivity contribution in [2.45, 2.75) is 19.3 Å². The Hall–Kier alpha value is -0.610. The third kappa shape index (κ3) is 4.24. The van der Waals surface area contributed by atoms with Gasteiger partial charge in [-0.05, 0) is 18.8 Å². The molecule has 4 nitrogen and oxygen atoms in total. The lowest BCUT2D eigenvalue weighted by Gasteiger charge is -2.22. The highest BCUT2D eigenvalue weighted by Gasteiger charge is 2.14. The Kier molecular flexibility index (Phi) is 4.78. The summed E-state index contributed by atoms with van der Waals surface area (Å²) in [5.41, 5.74) is 5.25. The maximum atomic E-state index is 11.1. The molecule has 1 aliphatic heterocycles. The highest BCUT2D eigenvalue weighted by Crippen LogP contribution is 2.11. The van der Waals surface area contributed by atoms with E-state index in [1.807, 2.05) is 0 Å². The molecule has 1 fully saturated rings. The smallest absolute Gasteiger partial charge is 0.221 e. The lowest BCUT2D eigenvalue weighted by Crippen LogP contribution is -2.34. The second-order valence-corrected chi connectivity index (χ2v) is 3.43. The highest BCUT2D eigenvalue weighted by atomic mass is 16.5. The maximum absolute atomic E-state index is 11.1. The normalized spacial score (nSPS) is 22.7. The minimum absolute atomic E-state index is 0.0491. The number of carbonyl (C=O) groups is 1. The van der Waals surface area contributed by atoms with E-state index in [1.165, 1.54) is 0 Å². The van der Waals surface area contributed by atoms with E-state index in [-0.39, 0.29) is 5.91 Å². The second-order valence-electron chi connectivity index (χ2n) is 3.43. The molecule has 0 radical (unpaired) electrons. The molecule has 1 saturated heterocycles. The van der Waals surface area contributed by atoms with Crippen LogP contribution in [0.3, 0.4) is 0 Å². The van der Waals surface area contributed by atoms with Gasteiger partial charge >= 0.3 is 0 Å². The van der Waals surface area contributed by atoms with Crippen molar-refractivity contribution in [3.63, 3.8) is 0 Å². The maximum Gasteiger partial charge on any atom is 0.221 e. The van der Waals surface area contributed by atoms with Crippen LogP contribution < -0.4 is 11.1 Å². The molecule has 3 N–H and O–H groups in total. The molecule has 76 valence electrons. The molecular weight excluding hydrogens is 168 g/mol. The summed E-state index contributed by atoms with van der Waals surface area (Å²) in [4.78, 5) is 11.1. The number of hydrogen-bond donors (Lipinski definition) is 2. The Balaban J connectivity index is 2.06. The van der Waals surface area contributed by atoms with Crippen LogP contribution in [-0.2, 0) is 9.53 Å².